The van der Waals surface area contributed by atoms with E-state index in [0.29, 0.717) is 30.5 Å². The minimum absolute atomic E-state index is 0.177. The van der Waals surface area contributed by atoms with Crippen molar-refractivity contribution < 1.29 is 9.18 Å². The molecule has 1 fully saturated rings. The molecule has 0 spiro atoms. The Kier molecular flexibility index (Phi) is 7.26. The van der Waals surface area contributed by atoms with Crippen LogP contribution in [-0.4, -0.2) is 51.0 Å². The third kappa shape index (κ3) is 5.10. The first-order valence-electron chi connectivity index (χ1n) is 8.98. The van der Waals surface area contributed by atoms with Crippen LogP contribution in [0.5, 0.6) is 0 Å². The summed E-state index contributed by atoms with van der Waals surface area (Å²) < 4.78 is 13.1. The Balaban J connectivity index is 1.88. The summed E-state index contributed by atoms with van der Waals surface area (Å²) in [6.45, 7) is 1.18. The summed E-state index contributed by atoms with van der Waals surface area (Å²) >= 11 is 6.05. The van der Waals surface area contributed by atoms with Gasteiger partial charge in [0.15, 0.2) is 5.96 Å². The number of hydrogen-bond donors (Lipinski definition) is 2. The molecule has 1 aromatic carbocycles. The minimum atomic E-state index is -0.346. The molecule has 5 nitrogen and oxygen atoms in total. The van der Waals surface area contributed by atoms with E-state index >= 15 is 0 Å². The van der Waals surface area contributed by atoms with E-state index in [9.17, 15) is 9.18 Å². The lowest BCUT2D eigenvalue weighted by Gasteiger charge is -2.31. The van der Waals surface area contributed by atoms with Gasteiger partial charge < -0.3 is 15.5 Å². The summed E-state index contributed by atoms with van der Waals surface area (Å²) in [5.74, 6) is 0.494. The zero-order valence-electron chi connectivity index (χ0n) is 15.7. The van der Waals surface area contributed by atoms with Crippen molar-refractivity contribution in [3.8, 4) is 0 Å². The second-order valence-corrected chi connectivity index (χ2v) is 7.43. The normalized spacial score (nSPS) is 16.4. The minimum Gasteiger partial charge on any atom is -0.356 e. The van der Waals surface area contributed by atoms with Crippen molar-refractivity contribution in [2.24, 2.45) is 10.4 Å². The third-order valence-electron chi connectivity index (χ3n) is 4.94. The summed E-state index contributed by atoms with van der Waals surface area (Å²) in [6, 6.07) is 4.42. The number of benzene rings is 1. The van der Waals surface area contributed by atoms with Crippen LogP contribution in [0.4, 0.5) is 4.39 Å². The van der Waals surface area contributed by atoms with Gasteiger partial charge in [-0.2, -0.15) is 0 Å². The number of aliphatic imine (C=N–C) groups is 1. The zero-order chi connectivity index (χ0) is 19.2. The highest BCUT2D eigenvalue weighted by molar-refractivity contribution is 6.31. The Morgan fingerprint density at radius 3 is 2.58 bits per heavy atom. The van der Waals surface area contributed by atoms with E-state index in [2.05, 4.69) is 15.6 Å². The van der Waals surface area contributed by atoms with Crippen LogP contribution in [0.2, 0.25) is 5.02 Å². The van der Waals surface area contributed by atoms with Crippen molar-refractivity contribution >= 4 is 23.5 Å². The van der Waals surface area contributed by atoms with Gasteiger partial charge in [0.25, 0.3) is 0 Å². The second-order valence-electron chi connectivity index (χ2n) is 7.03. The molecule has 1 aliphatic rings. The van der Waals surface area contributed by atoms with Gasteiger partial charge in [-0.25, -0.2) is 4.39 Å². The van der Waals surface area contributed by atoms with Crippen molar-refractivity contribution in [2.45, 2.75) is 32.1 Å². The fourth-order valence-electron chi connectivity index (χ4n) is 3.51. The molecule has 0 atom stereocenters. The number of nitrogens with zero attached hydrogens (tertiary/aromatic N) is 2. The maximum Gasteiger partial charge on any atom is 0.230 e. The number of amides is 1. The van der Waals surface area contributed by atoms with E-state index in [1.807, 2.05) is 14.1 Å². The maximum absolute atomic E-state index is 13.1. The lowest BCUT2D eigenvalue weighted by Crippen LogP contribution is -2.49. The van der Waals surface area contributed by atoms with Crippen molar-refractivity contribution in [2.75, 3.05) is 34.2 Å². The summed E-state index contributed by atoms with van der Waals surface area (Å²) in [5.41, 5.74) is 0.535. The predicted octanol–water partition coefficient (Wildman–Crippen LogP) is 2.84. The molecule has 0 aliphatic heterocycles. The highest BCUT2D eigenvalue weighted by atomic mass is 35.5. The van der Waals surface area contributed by atoms with Crippen molar-refractivity contribution in [3.05, 3.63) is 34.6 Å². The molecule has 0 radical (unpaired) electrons. The number of carbonyl (C=O) groups excluding carboxylic acids is 1. The van der Waals surface area contributed by atoms with Gasteiger partial charge >= 0.3 is 0 Å². The predicted molar refractivity (Wildman–Crippen MR) is 104 cm³/mol. The third-order valence-corrected chi connectivity index (χ3v) is 5.29. The van der Waals surface area contributed by atoms with E-state index in [4.69, 9.17) is 11.6 Å². The molecule has 0 heterocycles. The standard InChI is InChI=1S/C19H28ClFN4O/c1-22-18(23-11-8-14-6-7-15(21)12-16(14)20)24-13-19(9-4-5-10-19)17(26)25(2)3/h6-7,12H,4-5,8-11,13H2,1-3H3,(H2,22,23,24). The molecule has 0 bridgehead atoms. The van der Waals surface area contributed by atoms with Gasteiger partial charge in [-0.1, -0.05) is 30.5 Å². The molecule has 0 aromatic heterocycles. The molecule has 1 saturated carbocycles. The molecule has 2 N–H and O–H groups in total. The summed E-state index contributed by atoms with van der Waals surface area (Å²) in [6.07, 6.45) is 4.62. The zero-order valence-corrected chi connectivity index (χ0v) is 16.5. The highest BCUT2D eigenvalue weighted by Gasteiger charge is 2.42. The van der Waals surface area contributed by atoms with E-state index in [1.54, 1.807) is 18.0 Å². The first-order chi connectivity index (χ1) is 12.4. The van der Waals surface area contributed by atoms with Crippen molar-refractivity contribution in [1.29, 1.82) is 0 Å². The Morgan fingerprint density at radius 1 is 1.31 bits per heavy atom. The van der Waals surface area contributed by atoms with Crippen LogP contribution in [-0.2, 0) is 11.2 Å². The molecule has 26 heavy (non-hydrogen) atoms. The molecule has 1 aromatic rings. The number of nitrogens with one attached hydrogen (secondary N) is 2. The van der Waals surface area contributed by atoms with Crippen LogP contribution in [0, 0.1) is 11.2 Å². The quantitative estimate of drug-likeness (QED) is 0.587. The Bertz CT molecular complexity index is 657. The van der Waals surface area contributed by atoms with Gasteiger partial charge in [0.05, 0.1) is 5.41 Å². The van der Waals surface area contributed by atoms with Gasteiger partial charge in [-0.05, 0) is 37.0 Å². The van der Waals surface area contributed by atoms with Gasteiger partial charge in [-0.3, -0.25) is 9.79 Å². The lowest BCUT2D eigenvalue weighted by molar-refractivity contribution is -0.138. The molecule has 7 heteroatoms. The summed E-state index contributed by atoms with van der Waals surface area (Å²) in [5, 5.41) is 6.95. The smallest absolute Gasteiger partial charge is 0.230 e. The first kappa shape index (κ1) is 20.5. The van der Waals surface area contributed by atoms with Crippen LogP contribution >= 0.6 is 11.6 Å². The monoisotopic (exact) mass is 382 g/mol. The van der Waals surface area contributed by atoms with E-state index < -0.39 is 0 Å². The SMILES string of the molecule is CN=C(NCCc1ccc(F)cc1Cl)NCC1(C(=O)N(C)C)CCCC1. The van der Waals surface area contributed by atoms with Gasteiger partial charge in [-0.15, -0.1) is 0 Å². The van der Waals surface area contributed by atoms with E-state index in [0.717, 1.165) is 31.2 Å². The van der Waals surface area contributed by atoms with Gasteiger partial charge in [0.1, 0.15) is 5.82 Å². The first-order valence-corrected chi connectivity index (χ1v) is 9.36. The van der Waals surface area contributed by atoms with Crippen LogP contribution in [0.15, 0.2) is 23.2 Å². The number of rotatable bonds is 6. The van der Waals surface area contributed by atoms with Crippen LogP contribution in [0.25, 0.3) is 0 Å². The Labute approximate surface area is 160 Å². The summed E-state index contributed by atoms with van der Waals surface area (Å²) in [4.78, 5) is 18.5. The molecule has 0 saturated heterocycles. The fraction of sp³-hybridized carbons (Fsp3) is 0.579. The van der Waals surface area contributed by atoms with E-state index in [1.165, 1.54) is 12.1 Å². The number of halogens is 2. The highest BCUT2D eigenvalue weighted by Crippen LogP contribution is 2.38. The topological polar surface area (TPSA) is 56.7 Å². The average Bonchev–Trinajstić information content (AvgIpc) is 3.08. The van der Waals surface area contributed by atoms with E-state index in [-0.39, 0.29) is 17.1 Å². The molecule has 2 rings (SSSR count). The molecule has 1 aliphatic carbocycles. The average molecular weight is 383 g/mol. The van der Waals surface area contributed by atoms with Crippen molar-refractivity contribution in [3.63, 3.8) is 0 Å². The molecule has 1 amide bonds. The molecular formula is C19H28ClFN4O. The largest absolute Gasteiger partial charge is 0.356 e. The molecule has 0 unspecified atom stereocenters. The second kappa shape index (κ2) is 9.21. The summed E-state index contributed by atoms with van der Waals surface area (Å²) in [7, 11) is 5.32. The fourth-order valence-corrected chi connectivity index (χ4v) is 3.77. The molecule has 144 valence electrons. The lowest BCUT2D eigenvalue weighted by atomic mass is 9.84. The number of hydrogen-bond acceptors (Lipinski definition) is 2. The van der Waals surface area contributed by atoms with Gasteiger partial charge in [0, 0.05) is 39.3 Å². The number of carbonyl (C=O) groups is 1. The van der Waals surface area contributed by atoms with Crippen LogP contribution < -0.4 is 10.6 Å². The van der Waals surface area contributed by atoms with Gasteiger partial charge in [0.2, 0.25) is 5.91 Å². The maximum atomic E-state index is 13.1. The van der Waals surface area contributed by atoms with Crippen molar-refractivity contribution in [1.82, 2.24) is 15.5 Å². The van der Waals surface area contributed by atoms with Crippen LogP contribution in [0.1, 0.15) is 31.2 Å². The Morgan fingerprint density at radius 2 is 2.00 bits per heavy atom. The Hall–Kier alpha value is -1.82. The molecular weight excluding hydrogens is 355 g/mol. The number of guanidine groups is 1. The van der Waals surface area contributed by atoms with Crippen LogP contribution in [0.3, 0.4) is 0 Å².